The Morgan fingerprint density at radius 3 is 1.12 bits per heavy atom. The van der Waals surface area contributed by atoms with Crippen LogP contribution in [0, 0.1) is 11.8 Å². The number of unbranched alkanes of at least 4 members (excludes halogenated alkanes) is 12. The molecule has 2 atom stereocenters. The maximum Gasteiger partial charge on any atom is 0.0100 e. The van der Waals surface area contributed by atoms with Gasteiger partial charge in [0.1, 0.15) is 0 Å². The molecular weight excluding hydrogens is 410 g/mol. The molecule has 1 nitrogen and oxygen atoms in total. The highest BCUT2D eigenvalue weighted by Gasteiger charge is 2.24. The van der Waals surface area contributed by atoms with Crippen molar-refractivity contribution in [3.05, 3.63) is 0 Å². The van der Waals surface area contributed by atoms with Crippen LogP contribution in [-0.2, 0) is 0 Å². The second kappa shape index (κ2) is 26.0. The molecule has 0 fully saturated rings. The van der Waals surface area contributed by atoms with E-state index in [1.54, 1.807) is 0 Å². The van der Waals surface area contributed by atoms with Crippen LogP contribution in [0.4, 0.5) is 0 Å². The lowest BCUT2D eigenvalue weighted by atomic mass is 9.84. The molecule has 0 saturated carbocycles. The number of rotatable bonds is 27. The van der Waals surface area contributed by atoms with E-state index in [4.69, 9.17) is 0 Å². The summed E-state index contributed by atoms with van der Waals surface area (Å²) in [4.78, 5) is 3.02. The highest BCUT2D eigenvalue weighted by atomic mass is 15.1. The molecule has 0 bridgehead atoms. The summed E-state index contributed by atoms with van der Waals surface area (Å²) in [6.45, 7) is 17.0. The van der Waals surface area contributed by atoms with Crippen LogP contribution in [-0.4, -0.2) is 24.0 Å². The maximum absolute atomic E-state index is 3.02. The molecule has 2 unspecified atom stereocenters. The molecule has 0 saturated heterocycles. The quantitative estimate of drug-likeness (QED) is 0.106. The Kier molecular flexibility index (Phi) is 26.0. The van der Waals surface area contributed by atoms with Crippen molar-refractivity contribution in [1.82, 2.24) is 4.90 Å². The van der Waals surface area contributed by atoms with Gasteiger partial charge >= 0.3 is 0 Å². The van der Waals surface area contributed by atoms with Crippen molar-refractivity contribution in [2.24, 2.45) is 11.8 Å². The fourth-order valence-corrected chi connectivity index (χ4v) is 5.79. The lowest BCUT2D eigenvalue weighted by molar-refractivity contribution is 0.129. The monoisotopic (exact) mass is 480 g/mol. The fourth-order valence-electron chi connectivity index (χ4n) is 5.79. The van der Waals surface area contributed by atoms with E-state index < -0.39 is 0 Å². The van der Waals surface area contributed by atoms with E-state index in [0.29, 0.717) is 0 Å². The van der Waals surface area contributed by atoms with Crippen molar-refractivity contribution in [2.45, 2.75) is 189 Å². The lowest BCUT2D eigenvalue weighted by Gasteiger charge is -2.36. The molecule has 0 aromatic carbocycles. The standard InChI is InChI=1S/C33H69N/c1-7-13-17-19-21-23-27-34(28-24-22-20-18-14-8-2)33(29-31(11-5)25-15-9-3)30-32(12-6)26-16-10-4/h31-33H,7-30H2,1-6H3. The second-order valence-electron chi connectivity index (χ2n) is 11.5. The number of hydrogen-bond acceptors (Lipinski definition) is 1. The molecule has 0 rings (SSSR count). The van der Waals surface area contributed by atoms with Gasteiger partial charge in [-0.15, -0.1) is 0 Å². The molecule has 0 aliphatic heterocycles. The Labute approximate surface area is 218 Å². The van der Waals surface area contributed by atoms with E-state index in [1.807, 2.05) is 0 Å². The van der Waals surface area contributed by atoms with Crippen molar-refractivity contribution in [2.75, 3.05) is 13.1 Å². The van der Waals surface area contributed by atoms with Crippen LogP contribution < -0.4 is 0 Å². The smallest absolute Gasteiger partial charge is 0.0100 e. The first kappa shape index (κ1) is 34.0. The average molecular weight is 480 g/mol. The third-order valence-electron chi connectivity index (χ3n) is 8.41. The molecule has 0 aliphatic rings. The number of hydrogen-bond donors (Lipinski definition) is 0. The summed E-state index contributed by atoms with van der Waals surface area (Å²) in [5, 5.41) is 0. The molecule has 0 aromatic heterocycles. The second-order valence-corrected chi connectivity index (χ2v) is 11.5. The summed E-state index contributed by atoms with van der Waals surface area (Å²) in [6.07, 6.45) is 31.3. The Morgan fingerprint density at radius 1 is 0.412 bits per heavy atom. The summed E-state index contributed by atoms with van der Waals surface area (Å²) in [6, 6.07) is 0.829. The normalized spacial score (nSPS) is 14.6. The van der Waals surface area contributed by atoms with Gasteiger partial charge in [-0.1, -0.05) is 157 Å². The van der Waals surface area contributed by atoms with Crippen molar-refractivity contribution in [3.63, 3.8) is 0 Å². The Bertz CT molecular complexity index is 345. The Balaban J connectivity index is 5.19. The first-order chi connectivity index (χ1) is 16.7. The van der Waals surface area contributed by atoms with E-state index in [0.717, 1.165) is 17.9 Å². The topological polar surface area (TPSA) is 3.24 Å². The van der Waals surface area contributed by atoms with Crippen LogP contribution in [0.1, 0.15) is 183 Å². The van der Waals surface area contributed by atoms with Gasteiger partial charge in [-0.25, -0.2) is 0 Å². The molecule has 0 spiro atoms. The van der Waals surface area contributed by atoms with Crippen LogP contribution >= 0.6 is 0 Å². The maximum atomic E-state index is 3.02. The molecule has 0 heterocycles. The summed E-state index contributed by atoms with van der Waals surface area (Å²) >= 11 is 0. The average Bonchev–Trinajstić information content (AvgIpc) is 2.86. The minimum absolute atomic E-state index is 0.829. The van der Waals surface area contributed by atoms with Gasteiger partial charge in [0.05, 0.1) is 0 Å². The van der Waals surface area contributed by atoms with Gasteiger partial charge in [0.2, 0.25) is 0 Å². The molecule has 1 heteroatoms. The van der Waals surface area contributed by atoms with E-state index in [9.17, 15) is 0 Å². The van der Waals surface area contributed by atoms with E-state index in [2.05, 4.69) is 46.4 Å². The minimum Gasteiger partial charge on any atom is -0.300 e. The fraction of sp³-hybridized carbons (Fsp3) is 1.00. The highest BCUT2D eigenvalue weighted by Crippen LogP contribution is 2.29. The van der Waals surface area contributed by atoms with Crippen LogP contribution in [0.2, 0.25) is 0 Å². The first-order valence-electron chi connectivity index (χ1n) is 16.4. The van der Waals surface area contributed by atoms with Gasteiger partial charge in [0, 0.05) is 6.04 Å². The molecular formula is C33H69N. The molecule has 34 heavy (non-hydrogen) atoms. The number of nitrogens with zero attached hydrogens (tertiary/aromatic N) is 1. The van der Waals surface area contributed by atoms with E-state index >= 15 is 0 Å². The molecule has 0 aliphatic carbocycles. The third-order valence-corrected chi connectivity index (χ3v) is 8.41. The summed E-state index contributed by atoms with van der Waals surface area (Å²) in [5.74, 6) is 1.87. The molecule has 0 N–H and O–H groups in total. The zero-order valence-electron chi connectivity index (χ0n) is 25.1. The SMILES string of the molecule is CCCCCCCCN(CCCCCCCC)C(CC(CC)CCCC)CC(CC)CCCC. The summed E-state index contributed by atoms with van der Waals surface area (Å²) < 4.78 is 0. The Hall–Kier alpha value is -0.0400. The first-order valence-corrected chi connectivity index (χ1v) is 16.4. The minimum atomic E-state index is 0.829. The van der Waals surface area contributed by atoms with Gasteiger partial charge in [-0.05, 0) is 50.6 Å². The van der Waals surface area contributed by atoms with Crippen molar-refractivity contribution < 1.29 is 0 Å². The zero-order chi connectivity index (χ0) is 25.3. The van der Waals surface area contributed by atoms with E-state index in [1.165, 1.54) is 154 Å². The highest BCUT2D eigenvalue weighted by molar-refractivity contribution is 4.79. The van der Waals surface area contributed by atoms with Crippen molar-refractivity contribution >= 4 is 0 Å². The van der Waals surface area contributed by atoms with Crippen LogP contribution in [0.5, 0.6) is 0 Å². The predicted octanol–water partition coefficient (Wildman–Crippen LogP) is 11.6. The van der Waals surface area contributed by atoms with Crippen LogP contribution in [0.25, 0.3) is 0 Å². The lowest BCUT2D eigenvalue weighted by Crippen LogP contribution is -2.39. The van der Waals surface area contributed by atoms with Gasteiger partial charge in [-0.3, -0.25) is 0 Å². The van der Waals surface area contributed by atoms with Gasteiger partial charge in [0.15, 0.2) is 0 Å². The summed E-state index contributed by atoms with van der Waals surface area (Å²) in [7, 11) is 0. The van der Waals surface area contributed by atoms with Crippen LogP contribution in [0.3, 0.4) is 0 Å². The zero-order valence-corrected chi connectivity index (χ0v) is 25.1. The predicted molar refractivity (Wildman–Crippen MR) is 158 cm³/mol. The van der Waals surface area contributed by atoms with Gasteiger partial charge in [-0.2, -0.15) is 0 Å². The Morgan fingerprint density at radius 2 is 0.765 bits per heavy atom. The van der Waals surface area contributed by atoms with Gasteiger partial charge in [0.25, 0.3) is 0 Å². The molecule has 0 aromatic rings. The van der Waals surface area contributed by atoms with Crippen molar-refractivity contribution in [1.29, 1.82) is 0 Å². The van der Waals surface area contributed by atoms with Crippen LogP contribution in [0.15, 0.2) is 0 Å². The molecule has 206 valence electrons. The summed E-state index contributed by atoms with van der Waals surface area (Å²) in [5.41, 5.74) is 0. The van der Waals surface area contributed by atoms with Crippen molar-refractivity contribution in [3.8, 4) is 0 Å². The molecule has 0 amide bonds. The molecule has 0 radical (unpaired) electrons. The van der Waals surface area contributed by atoms with Gasteiger partial charge < -0.3 is 4.90 Å². The van der Waals surface area contributed by atoms with E-state index in [-0.39, 0.29) is 0 Å². The third kappa shape index (κ3) is 19.2. The largest absolute Gasteiger partial charge is 0.300 e.